The summed E-state index contributed by atoms with van der Waals surface area (Å²) in [6.07, 6.45) is 37.2. The molecular weight excluding hydrogens is 510 g/mol. The van der Waals surface area contributed by atoms with Gasteiger partial charge in [0.1, 0.15) is 6.10 Å². The maximum absolute atomic E-state index is 12.3. The summed E-state index contributed by atoms with van der Waals surface area (Å²) in [4.78, 5) is 12.3. The lowest BCUT2D eigenvalue weighted by Crippen LogP contribution is -2.48. The summed E-state index contributed by atoms with van der Waals surface area (Å²) in [7, 11) is 0. The predicted molar refractivity (Wildman–Crippen MR) is 176 cm³/mol. The van der Waals surface area contributed by atoms with E-state index in [0.717, 1.165) is 51.4 Å². The average molecular weight is 578 g/mol. The van der Waals surface area contributed by atoms with E-state index in [1.807, 2.05) is 6.08 Å². The number of hydrogen-bond donors (Lipinski definition) is 4. The molecule has 0 saturated heterocycles. The normalized spacial score (nSPS) is 14.4. The number of amides is 1. The first-order valence-electron chi connectivity index (χ1n) is 17.3. The number of hydrogen-bond acceptors (Lipinski definition) is 4. The summed E-state index contributed by atoms with van der Waals surface area (Å²) >= 11 is 0. The number of rotatable bonds is 30. The van der Waals surface area contributed by atoms with Gasteiger partial charge in [0.05, 0.1) is 18.8 Å². The van der Waals surface area contributed by atoms with Crippen LogP contribution in [0.1, 0.15) is 162 Å². The number of allylic oxidation sites excluding steroid dienone is 5. The molecule has 0 aromatic rings. The van der Waals surface area contributed by atoms with Gasteiger partial charge in [-0.05, 0) is 57.8 Å². The molecule has 0 aliphatic heterocycles. The minimum Gasteiger partial charge on any atom is -0.394 e. The molecule has 240 valence electrons. The van der Waals surface area contributed by atoms with Crippen LogP contribution in [0.3, 0.4) is 0 Å². The van der Waals surface area contributed by atoms with Gasteiger partial charge in [0, 0.05) is 0 Å². The Morgan fingerprint density at radius 2 is 1.00 bits per heavy atom. The molecule has 0 fully saturated rings. The Bertz CT molecular complexity index is 645. The van der Waals surface area contributed by atoms with Gasteiger partial charge < -0.3 is 20.6 Å². The highest BCUT2D eigenvalue weighted by Crippen LogP contribution is 2.11. The topological polar surface area (TPSA) is 89.8 Å². The lowest BCUT2D eigenvalue weighted by Gasteiger charge is -2.21. The van der Waals surface area contributed by atoms with Gasteiger partial charge in [-0.3, -0.25) is 4.79 Å². The van der Waals surface area contributed by atoms with Crippen LogP contribution in [0.25, 0.3) is 0 Å². The van der Waals surface area contributed by atoms with Crippen molar-refractivity contribution in [3.63, 3.8) is 0 Å². The predicted octanol–water partition coefficient (Wildman–Crippen LogP) is 8.87. The summed E-state index contributed by atoms with van der Waals surface area (Å²) in [5, 5.41) is 32.8. The first-order chi connectivity index (χ1) is 20.1. The van der Waals surface area contributed by atoms with Crippen LogP contribution in [0, 0.1) is 0 Å². The van der Waals surface area contributed by atoms with E-state index in [4.69, 9.17) is 0 Å². The van der Waals surface area contributed by atoms with Crippen LogP contribution < -0.4 is 5.32 Å². The second-order valence-electron chi connectivity index (χ2n) is 11.7. The van der Waals surface area contributed by atoms with Crippen LogP contribution in [0.15, 0.2) is 36.5 Å². The number of aliphatic hydroxyl groups is 3. The van der Waals surface area contributed by atoms with E-state index < -0.39 is 24.2 Å². The van der Waals surface area contributed by atoms with Crippen LogP contribution in [0.5, 0.6) is 0 Å². The van der Waals surface area contributed by atoms with Crippen LogP contribution >= 0.6 is 0 Å². The second-order valence-corrected chi connectivity index (χ2v) is 11.7. The molecule has 3 atom stereocenters. The Morgan fingerprint density at radius 3 is 1.49 bits per heavy atom. The lowest BCUT2D eigenvalue weighted by atomic mass is 10.1. The monoisotopic (exact) mass is 578 g/mol. The first kappa shape index (κ1) is 39.6. The molecule has 0 radical (unpaired) electrons. The van der Waals surface area contributed by atoms with Crippen molar-refractivity contribution in [2.45, 2.75) is 180 Å². The molecule has 0 aliphatic rings. The quantitative estimate of drug-likeness (QED) is 0.0507. The van der Waals surface area contributed by atoms with Gasteiger partial charge in [-0.1, -0.05) is 140 Å². The molecule has 0 saturated carbocycles. The molecule has 0 aromatic heterocycles. The van der Waals surface area contributed by atoms with E-state index in [0.29, 0.717) is 6.42 Å². The SMILES string of the molecule is CCCCCCCC/C=C/CC/C=C/C(O)C(CO)NC(=O)C(O)CCCCCC/C=C\CCCCCCCCC. The van der Waals surface area contributed by atoms with E-state index in [2.05, 4.69) is 43.5 Å². The third-order valence-corrected chi connectivity index (χ3v) is 7.70. The van der Waals surface area contributed by atoms with Crippen molar-refractivity contribution >= 4 is 5.91 Å². The van der Waals surface area contributed by atoms with Crippen molar-refractivity contribution in [3.8, 4) is 0 Å². The van der Waals surface area contributed by atoms with E-state index in [-0.39, 0.29) is 6.61 Å². The standard InChI is InChI=1S/C36H67NO4/c1-3-5-7-9-11-13-15-17-18-19-21-23-25-27-29-31-35(40)36(41)37-33(32-38)34(39)30-28-26-24-22-20-16-14-12-10-8-6-4-2/h18-20,22,28,30,33-35,38-40H,3-17,21,23-27,29,31-32H2,1-2H3,(H,37,41)/b19-18-,22-20+,30-28+. The minimum atomic E-state index is -1.11. The first-order valence-corrected chi connectivity index (χ1v) is 17.3. The zero-order valence-electron chi connectivity index (χ0n) is 26.9. The number of aliphatic hydroxyl groups excluding tert-OH is 3. The fourth-order valence-electron chi connectivity index (χ4n) is 4.90. The third kappa shape index (κ3) is 27.2. The number of carbonyl (C=O) groups excluding carboxylic acids is 1. The highest BCUT2D eigenvalue weighted by Gasteiger charge is 2.22. The highest BCUT2D eigenvalue weighted by atomic mass is 16.3. The van der Waals surface area contributed by atoms with Crippen molar-refractivity contribution in [1.82, 2.24) is 5.32 Å². The van der Waals surface area contributed by atoms with Crippen molar-refractivity contribution in [2.75, 3.05) is 6.61 Å². The van der Waals surface area contributed by atoms with Crippen molar-refractivity contribution < 1.29 is 20.1 Å². The summed E-state index contributed by atoms with van der Waals surface area (Å²) in [5.41, 5.74) is 0. The van der Waals surface area contributed by atoms with E-state index in [1.54, 1.807) is 6.08 Å². The highest BCUT2D eigenvalue weighted by molar-refractivity contribution is 5.80. The minimum absolute atomic E-state index is 0.380. The number of nitrogens with one attached hydrogen (secondary N) is 1. The molecule has 4 N–H and O–H groups in total. The second kappa shape index (κ2) is 31.5. The zero-order valence-corrected chi connectivity index (χ0v) is 26.9. The Labute approximate surface area is 254 Å². The van der Waals surface area contributed by atoms with Crippen LogP contribution in [-0.2, 0) is 4.79 Å². The van der Waals surface area contributed by atoms with E-state index >= 15 is 0 Å². The molecule has 0 spiro atoms. The van der Waals surface area contributed by atoms with Gasteiger partial charge >= 0.3 is 0 Å². The molecule has 5 nitrogen and oxygen atoms in total. The molecule has 3 unspecified atom stereocenters. The summed E-state index contributed by atoms with van der Waals surface area (Å²) in [5.74, 6) is -0.526. The molecule has 0 aromatic carbocycles. The van der Waals surface area contributed by atoms with Gasteiger partial charge in [0.25, 0.3) is 0 Å². The zero-order chi connectivity index (χ0) is 30.2. The molecule has 5 heteroatoms. The Morgan fingerprint density at radius 1 is 0.585 bits per heavy atom. The van der Waals surface area contributed by atoms with Crippen LogP contribution in [-0.4, -0.2) is 46.1 Å². The van der Waals surface area contributed by atoms with Gasteiger partial charge in [-0.15, -0.1) is 0 Å². The third-order valence-electron chi connectivity index (χ3n) is 7.70. The Kier molecular flexibility index (Phi) is 30.4. The summed E-state index contributed by atoms with van der Waals surface area (Å²) in [6, 6.07) is -0.815. The van der Waals surface area contributed by atoms with Gasteiger partial charge in [0.2, 0.25) is 5.91 Å². The number of carbonyl (C=O) groups is 1. The molecule has 1 amide bonds. The fraction of sp³-hybridized carbons (Fsp3) is 0.806. The summed E-state index contributed by atoms with van der Waals surface area (Å²) < 4.78 is 0. The molecule has 0 rings (SSSR count). The van der Waals surface area contributed by atoms with Crippen molar-refractivity contribution in [2.24, 2.45) is 0 Å². The maximum Gasteiger partial charge on any atom is 0.249 e. The van der Waals surface area contributed by atoms with Gasteiger partial charge in [-0.2, -0.15) is 0 Å². The van der Waals surface area contributed by atoms with Gasteiger partial charge in [-0.25, -0.2) is 0 Å². The molecule has 0 bridgehead atoms. The van der Waals surface area contributed by atoms with Crippen molar-refractivity contribution in [1.29, 1.82) is 0 Å². The van der Waals surface area contributed by atoms with Gasteiger partial charge in [0.15, 0.2) is 0 Å². The summed E-state index contributed by atoms with van der Waals surface area (Å²) in [6.45, 7) is 4.11. The number of unbranched alkanes of at least 4 members (excludes halogenated alkanes) is 18. The smallest absolute Gasteiger partial charge is 0.249 e. The average Bonchev–Trinajstić information content (AvgIpc) is 2.98. The van der Waals surface area contributed by atoms with E-state index in [1.165, 1.54) is 89.9 Å². The largest absolute Gasteiger partial charge is 0.394 e. The van der Waals surface area contributed by atoms with Crippen LogP contribution in [0.4, 0.5) is 0 Å². The molecule has 0 aliphatic carbocycles. The molecule has 0 heterocycles. The molecule has 41 heavy (non-hydrogen) atoms. The Balaban J connectivity index is 3.85. The Hall–Kier alpha value is -1.43. The molecular formula is C36H67NO4. The maximum atomic E-state index is 12.3. The fourth-order valence-corrected chi connectivity index (χ4v) is 4.90. The van der Waals surface area contributed by atoms with E-state index in [9.17, 15) is 20.1 Å². The van der Waals surface area contributed by atoms with Crippen LogP contribution in [0.2, 0.25) is 0 Å². The lowest BCUT2D eigenvalue weighted by molar-refractivity contribution is -0.131. The van der Waals surface area contributed by atoms with Crippen molar-refractivity contribution in [3.05, 3.63) is 36.5 Å².